The number of alkyl halides is 3. The van der Waals surface area contributed by atoms with Crippen LogP contribution in [0, 0.1) is 6.92 Å². The fraction of sp³-hybridized carbons (Fsp3) is 0.562. The number of amides is 2. The van der Waals surface area contributed by atoms with E-state index in [4.69, 9.17) is 14.2 Å². The Morgan fingerprint density at radius 1 is 0.341 bits per heavy atom. The molecule has 16 rings (SSSR count). The number of para-hydroxylation sites is 2. The van der Waals surface area contributed by atoms with Crippen LogP contribution in [0.3, 0.4) is 0 Å². The van der Waals surface area contributed by atoms with Crippen LogP contribution in [-0.2, 0) is 30.9 Å². The molecule has 4 aliphatic carbocycles. The molecule has 8 aromatic rings. The molecule has 4 heterocycles. The predicted octanol–water partition coefficient (Wildman–Crippen LogP) is 20.7. The maximum Gasteiger partial charge on any atom is 0.416 e. The van der Waals surface area contributed by atoms with Gasteiger partial charge in [-0.1, -0.05) is 261 Å². The molecule has 4 atom stereocenters. The van der Waals surface area contributed by atoms with Gasteiger partial charge in [-0.2, -0.15) is 13.2 Å². The third kappa shape index (κ3) is 31.7. The van der Waals surface area contributed by atoms with Crippen LogP contribution < -0.4 is 40.8 Å². The second-order valence-corrected chi connectivity index (χ2v) is 39.4. The number of carbonyl (C=O) groups is 1. The quantitative estimate of drug-likeness (QED) is 0.0250. The monoisotopic (exact) mass is 1810 g/mol. The molecule has 2 amide bonds. The molecule has 0 aromatic heterocycles. The van der Waals surface area contributed by atoms with Crippen molar-refractivity contribution in [3.63, 3.8) is 0 Å². The van der Waals surface area contributed by atoms with Gasteiger partial charge in [0.15, 0.2) is 0 Å². The number of urea groups is 1. The van der Waals surface area contributed by atoms with E-state index in [0.717, 1.165) is 158 Å². The van der Waals surface area contributed by atoms with Crippen LogP contribution in [0.2, 0.25) is 0 Å². The summed E-state index contributed by atoms with van der Waals surface area (Å²) in [4.78, 5) is 34.0. The molecular formula is C112H160F3N13O4. The van der Waals surface area contributed by atoms with Gasteiger partial charge in [-0.15, -0.1) is 0 Å². The van der Waals surface area contributed by atoms with Crippen LogP contribution in [-0.4, -0.2) is 241 Å². The van der Waals surface area contributed by atoms with Gasteiger partial charge < -0.3 is 40.8 Å². The van der Waals surface area contributed by atoms with E-state index < -0.39 is 17.8 Å². The van der Waals surface area contributed by atoms with E-state index in [1.807, 2.05) is 6.07 Å². The molecule has 20 heteroatoms. The molecule has 4 aliphatic heterocycles. The lowest BCUT2D eigenvalue weighted by atomic mass is 9.86. The Morgan fingerprint density at radius 2 is 0.636 bits per heavy atom. The first-order chi connectivity index (χ1) is 64.4. The van der Waals surface area contributed by atoms with Gasteiger partial charge in [0.05, 0.1) is 38.6 Å². The largest absolute Gasteiger partial charge is 0.497 e. The fourth-order valence-electron chi connectivity index (χ4n) is 21.6. The van der Waals surface area contributed by atoms with Crippen molar-refractivity contribution in [3.05, 3.63) is 262 Å². The summed E-state index contributed by atoms with van der Waals surface area (Å²) in [5, 5.41) is 17.0. The standard InChI is InChI=1S/C30H45N3.C28H41N3O.C27H35F3N4O2.C27H39N3O/c1-30(2,3)27-16-14-26(15-17-27)29(24-31-19-18-25-10-6-4-7-11-25)33-22-20-32(21-23-33)28-12-8-5-9-13-28;1-23-8-10-24(11-9-23)16-17-29-22-28(25-12-14-27(32-2)15-13-25)31-20-18-30(19-21-31)26-6-4-3-5-7-26;1-36-25-10-6-5-9-23(25)32-26(35)31-19-24(20-11-13-21(14-12-20)27(28,29)30)34-17-15-33(16-18-34)22-7-3-2-4-8-22;1-31-26-14-12-24(13-15-26)27(22-28-17-16-23-8-4-2-5-9-23)30-20-18-29(19-21-30)25-10-6-3-7-11-25/h4,6-7,10-11,14-17,28-29,31H,5,8-9,12-13,18-24H2,1-3H3;8-15,26,28-29H,3-7,16-22H2,1-2H3;5-6,9-14,22,24H,2-4,7-8,15-19H2,1H3,(H2,31,32,35);2,4-5,8-9,12-15,25,27-28H,3,6-7,10-11,16-22H2,1H3. The summed E-state index contributed by atoms with van der Waals surface area (Å²) in [6.45, 7) is 33.1. The SMILES string of the molecule is CC(C)(C)c1ccc(C(CNCCc2ccccc2)N2CCN(C3CCCCC3)CC2)cc1.COc1ccc(C(CNCCc2ccc(C)cc2)N2CCN(C3CCCCC3)CC2)cc1.COc1ccc(C(CNCCc2ccccc2)N2CCN(C3CCCCC3)CC2)cc1.COc1ccccc1NC(=O)NCC(c1ccc(C(F)(F)F)cc1)N1CCN(C2CCCCC2)CC1. The Hall–Kier alpha value is -8.22. The summed E-state index contributed by atoms with van der Waals surface area (Å²) in [5.41, 5.74) is 12.0. The Bertz CT molecular complexity index is 4490. The zero-order valence-electron chi connectivity index (χ0n) is 81.1. The number of rotatable bonds is 33. The number of piperazine rings is 4. The predicted molar refractivity (Wildman–Crippen MR) is 537 cm³/mol. The molecule has 132 heavy (non-hydrogen) atoms. The van der Waals surface area contributed by atoms with Crippen molar-refractivity contribution in [1.29, 1.82) is 0 Å². The van der Waals surface area contributed by atoms with Gasteiger partial charge in [0.25, 0.3) is 0 Å². The zero-order valence-corrected chi connectivity index (χ0v) is 81.1. The Labute approximate surface area is 791 Å². The number of hydrogen-bond acceptors (Lipinski definition) is 15. The van der Waals surface area contributed by atoms with Gasteiger partial charge in [0.2, 0.25) is 0 Å². The number of aryl methyl sites for hydroxylation is 1. The van der Waals surface area contributed by atoms with Gasteiger partial charge in [-0.3, -0.25) is 39.2 Å². The van der Waals surface area contributed by atoms with Gasteiger partial charge in [-0.25, -0.2) is 4.79 Å². The minimum atomic E-state index is -4.38. The number of ether oxygens (including phenoxy) is 3. The van der Waals surface area contributed by atoms with E-state index in [9.17, 15) is 18.0 Å². The first-order valence-corrected chi connectivity index (χ1v) is 50.8. The highest BCUT2D eigenvalue weighted by molar-refractivity contribution is 5.91. The molecule has 17 nitrogen and oxygen atoms in total. The highest BCUT2D eigenvalue weighted by atomic mass is 19.4. The molecule has 0 spiro atoms. The molecule has 0 bridgehead atoms. The lowest BCUT2D eigenvalue weighted by Crippen LogP contribution is -2.53. The van der Waals surface area contributed by atoms with Crippen molar-refractivity contribution in [2.45, 2.75) is 235 Å². The second kappa shape index (κ2) is 53.3. The minimum Gasteiger partial charge on any atom is -0.497 e. The van der Waals surface area contributed by atoms with Crippen molar-refractivity contribution >= 4 is 11.7 Å². The molecule has 8 aromatic carbocycles. The molecule has 0 radical (unpaired) electrons. The maximum absolute atomic E-state index is 13.1. The normalized spacial score (nSPS) is 19.7. The van der Waals surface area contributed by atoms with Crippen LogP contribution in [0.1, 0.15) is 229 Å². The van der Waals surface area contributed by atoms with Crippen molar-refractivity contribution in [3.8, 4) is 17.2 Å². The summed E-state index contributed by atoms with van der Waals surface area (Å²) in [6.07, 6.45) is 26.5. The smallest absolute Gasteiger partial charge is 0.416 e. The molecule has 5 N–H and O–H groups in total. The number of nitrogens with zero attached hydrogens (tertiary/aromatic N) is 8. The van der Waals surface area contributed by atoms with Crippen molar-refractivity contribution in [1.82, 2.24) is 60.5 Å². The maximum atomic E-state index is 13.1. The molecule has 4 unspecified atom stereocenters. The van der Waals surface area contributed by atoms with Gasteiger partial charge in [0, 0.05) is 173 Å². The third-order valence-corrected chi connectivity index (χ3v) is 29.7. The molecule has 718 valence electrons. The van der Waals surface area contributed by atoms with E-state index in [1.165, 1.54) is 245 Å². The average molecular weight is 1810 g/mol. The first kappa shape index (κ1) is 101. The van der Waals surface area contributed by atoms with Crippen LogP contribution in [0.5, 0.6) is 17.2 Å². The van der Waals surface area contributed by atoms with E-state index in [1.54, 1.807) is 32.4 Å². The van der Waals surface area contributed by atoms with Crippen molar-refractivity contribution < 1.29 is 32.2 Å². The van der Waals surface area contributed by atoms with Crippen LogP contribution in [0.4, 0.5) is 23.7 Å². The van der Waals surface area contributed by atoms with Gasteiger partial charge in [0.1, 0.15) is 17.2 Å². The Morgan fingerprint density at radius 3 is 0.947 bits per heavy atom. The van der Waals surface area contributed by atoms with E-state index in [0.29, 0.717) is 35.6 Å². The summed E-state index contributed by atoms with van der Waals surface area (Å²) < 4.78 is 55.4. The Balaban J connectivity index is 0.000000150. The fourth-order valence-corrected chi connectivity index (χ4v) is 21.6. The van der Waals surface area contributed by atoms with Crippen molar-refractivity contribution in [2.75, 3.05) is 177 Å². The van der Waals surface area contributed by atoms with Gasteiger partial charge >= 0.3 is 12.2 Å². The lowest BCUT2D eigenvalue weighted by molar-refractivity contribution is -0.137. The number of hydrogen-bond donors (Lipinski definition) is 5. The second-order valence-electron chi connectivity index (χ2n) is 39.4. The summed E-state index contributed by atoms with van der Waals surface area (Å²) in [6, 6.07) is 73.6. The first-order valence-electron chi connectivity index (χ1n) is 50.8. The number of methoxy groups -OCH3 is 3. The number of carbonyl (C=O) groups excluding carboxylic acids is 1. The lowest BCUT2D eigenvalue weighted by Gasteiger charge is -2.43. The highest BCUT2D eigenvalue weighted by Crippen LogP contribution is 2.37. The molecule has 4 saturated heterocycles. The van der Waals surface area contributed by atoms with Gasteiger partial charge in [-0.05, 0) is 196 Å². The summed E-state index contributed by atoms with van der Waals surface area (Å²) in [7, 11) is 5.01. The zero-order chi connectivity index (χ0) is 92.1. The van der Waals surface area contributed by atoms with Crippen molar-refractivity contribution in [2.24, 2.45) is 0 Å². The number of anilines is 1. The van der Waals surface area contributed by atoms with Crippen LogP contribution >= 0.6 is 0 Å². The molecule has 8 fully saturated rings. The van der Waals surface area contributed by atoms with E-state index in [2.05, 4.69) is 251 Å². The van der Waals surface area contributed by atoms with Crippen LogP contribution in [0.15, 0.2) is 206 Å². The molecule has 8 aliphatic rings. The third-order valence-electron chi connectivity index (χ3n) is 29.7. The highest BCUT2D eigenvalue weighted by Gasteiger charge is 2.36. The Kier molecular flexibility index (Phi) is 40.9. The molecular weight excluding hydrogens is 1650 g/mol. The number of nitrogens with one attached hydrogen (secondary N) is 5. The summed E-state index contributed by atoms with van der Waals surface area (Å²) in [5.74, 6) is 2.41. The van der Waals surface area contributed by atoms with E-state index in [-0.39, 0.29) is 18.0 Å². The van der Waals surface area contributed by atoms with E-state index >= 15 is 0 Å². The number of halogens is 3. The van der Waals surface area contributed by atoms with Crippen LogP contribution in [0.25, 0.3) is 0 Å². The summed E-state index contributed by atoms with van der Waals surface area (Å²) >= 11 is 0. The average Bonchev–Trinajstić information content (AvgIpc) is 0.831. The minimum absolute atomic E-state index is 0.202. The topological polar surface area (TPSA) is 131 Å². The number of benzene rings is 8. The molecule has 4 saturated carbocycles.